The van der Waals surface area contributed by atoms with Crippen LogP contribution in [0.2, 0.25) is 0 Å². The van der Waals surface area contributed by atoms with Crippen LogP contribution in [-0.4, -0.2) is 18.0 Å². The number of ether oxygens (including phenoxy) is 1. The average molecular weight is 258 g/mol. The van der Waals surface area contributed by atoms with Crippen molar-refractivity contribution >= 4 is 17.4 Å². The predicted octanol–water partition coefficient (Wildman–Crippen LogP) is 1.63. The fourth-order valence-electron chi connectivity index (χ4n) is 1.58. The summed E-state index contributed by atoms with van der Waals surface area (Å²) in [7, 11) is 1.59. The van der Waals surface area contributed by atoms with Crippen LogP contribution in [0, 0.1) is 0 Å². The Hall–Kier alpha value is -2.60. The zero-order valence-corrected chi connectivity index (χ0v) is 10.4. The number of nitrogens with zero attached hydrogens (tertiary/aromatic N) is 1. The van der Waals surface area contributed by atoms with Gasteiger partial charge in [-0.05, 0) is 36.4 Å². The van der Waals surface area contributed by atoms with Crippen molar-refractivity contribution in [2.45, 2.75) is 0 Å². The Bertz CT molecular complexity index is 569. The highest BCUT2D eigenvalue weighted by molar-refractivity contribution is 6.07. The van der Waals surface area contributed by atoms with Crippen LogP contribution in [0.15, 0.2) is 42.6 Å². The van der Waals surface area contributed by atoms with Gasteiger partial charge >= 0.3 is 0 Å². The lowest BCUT2D eigenvalue weighted by atomic mass is 10.2. The number of aromatic nitrogens is 1. The largest absolute Gasteiger partial charge is 0.497 e. The molecule has 0 saturated heterocycles. The number of anilines is 2. The maximum Gasteiger partial charge on any atom is 0.259 e. The number of benzene rings is 1. The summed E-state index contributed by atoms with van der Waals surface area (Å²) in [4.78, 5) is 16.0. The standard InChI is InChI=1S/C13H14N4O2/c1-19-10-6-4-9(5-7-10)16-13(18)11-3-2-8-15-12(11)17-14/h2-8H,14H2,1H3,(H,15,17)(H,16,18). The molecule has 0 radical (unpaired) electrons. The van der Waals surface area contributed by atoms with E-state index in [2.05, 4.69) is 15.7 Å². The predicted molar refractivity (Wildman–Crippen MR) is 73.0 cm³/mol. The second-order valence-electron chi connectivity index (χ2n) is 3.73. The number of nitrogens with one attached hydrogen (secondary N) is 2. The van der Waals surface area contributed by atoms with Crippen molar-refractivity contribution in [3.8, 4) is 5.75 Å². The molecule has 6 heteroatoms. The van der Waals surface area contributed by atoms with Crippen LogP contribution in [0.25, 0.3) is 0 Å². The summed E-state index contributed by atoms with van der Waals surface area (Å²) in [6.45, 7) is 0. The van der Waals surface area contributed by atoms with E-state index < -0.39 is 0 Å². The number of hydrogen-bond acceptors (Lipinski definition) is 5. The molecule has 1 aromatic heterocycles. The minimum absolute atomic E-state index is 0.286. The summed E-state index contributed by atoms with van der Waals surface area (Å²) in [6, 6.07) is 10.3. The van der Waals surface area contributed by atoms with E-state index in [4.69, 9.17) is 10.6 Å². The highest BCUT2D eigenvalue weighted by Gasteiger charge is 2.11. The van der Waals surface area contributed by atoms with Crippen LogP contribution in [0.5, 0.6) is 5.75 Å². The van der Waals surface area contributed by atoms with E-state index in [0.29, 0.717) is 17.1 Å². The third-order valence-electron chi connectivity index (χ3n) is 2.54. The number of rotatable bonds is 4. The van der Waals surface area contributed by atoms with E-state index in [1.165, 1.54) is 0 Å². The first kappa shape index (κ1) is 12.8. The number of hydrazine groups is 1. The molecule has 0 aliphatic carbocycles. The van der Waals surface area contributed by atoms with Gasteiger partial charge in [0, 0.05) is 11.9 Å². The van der Waals surface area contributed by atoms with E-state index in [0.717, 1.165) is 5.75 Å². The zero-order valence-electron chi connectivity index (χ0n) is 10.4. The summed E-state index contributed by atoms with van der Waals surface area (Å²) in [6.07, 6.45) is 1.55. The van der Waals surface area contributed by atoms with E-state index in [1.807, 2.05) is 0 Å². The van der Waals surface area contributed by atoms with Crippen LogP contribution in [0.3, 0.4) is 0 Å². The molecule has 1 amide bonds. The third kappa shape index (κ3) is 2.99. The number of nitrogens with two attached hydrogens (primary N) is 1. The van der Waals surface area contributed by atoms with Crippen LogP contribution < -0.4 is 21.3 Å². The maximum absolute atomic E-state index is 12.1. The van der Waals surface area contributed by atoms with Crippen LogP contribution in [-0.2, 0) is 0 Å². The summed E-state index contributed by atoms with van der Waals surface area (Å²) in [5, 5.41) is 2.75. The average Bonchev–Trinajstić information content (AvgIpc) is 2.48. The van der Waals surface area contributed by atoms with Crippen LogP contribution >= 0.6 is 0 Å². The van der Waals surface area contributed by atoms with Crippen molar-refractivity contribution < 1.29 is 9.53 Å². The molecule has 4 N–H and O–H groups in total. The molecule has 0 unspecified atom stereocenters. The molecule has 6 nitrogen and oxygen atoms in total. The van der Waals surface area contributed by atoms with Crippen molar-refractivity contribution in [1.82, 2.24) is 4.98 Å². The lowest BCUT2D eigenvalue weighted by Gasteiger charge is -2.09. The van der Waals surface area contributed by atoms with Gasteiger partial charge in [-0.3, -0.25) is 4.79 Å². The second-order valence-corrected chi connectivity index (χ2v) is 3.73. The maximum atomic E-state index is 12.1. The monoisotopic (exact) mass is 258 g/mol. The fourth-order valence-corrected chi connectivity index (χ4v) is 1.58. The van der Waals surface area contributed by atoms with Crippen molar-refractivity contribution in [3.63, 3.8) is 0 Å². The molecule has 98 valence electrons. The van der Waals surface area contributed by atoms with Crippen LogP contribution in [0.1, 0.15) is 10.4 Å². The molecule has 0 fully saturated rings. The van der Waals surface area contributed by atoms with Gasteiger partial charge in [0.25, 0.3) is 5.91 Å². The Labute approximate surface area is 110 Å². The number of pyridine rings is 1. The molecular weight excluding hydrogens is 244 g/mol. The Kier molecular flexibility index (Phi) is 3.94. The van der Waals surface area contributed by atoms with Gasteiger partial charge in [-0.2, -0.15) is 0 Å². The molecule has 1 aromatic carbocycles. The SMILES string of the molecule is COc1ccc(NC(=O)c2cccnc2NN)cc1. The van der Waals surface area contributed by atoms with Crippen molar-refractivity contribution in [3.05, 3.63) is 48.2 Å². The Morgan fingerprint density at radius 3 is 2.63 bits per heavy atom. The lowest BCUT2D eigenvalue weighted by molar-refractivity contribution is 0.102. The smallest absolute Gasteiger partial charge is 0.259 e. The lowest BCUT2D eigenvalue weighted by Crippen LogP contribution is -2.18. The Morgan fingerprint density at radius 2 is 2.00 bits per heavy atom. The molecular formula is C13H14N4O2. The molecule has 1 heterocycles. The minimum Gasteiger partial charge on any atom is -0.497 e. The Balaban J connectivity index is 2.16. The molecule has 0 saturated carbocycles. The van der Waals surface area contributed by atoms with Crippen molar-refractivity contribution in [2.24, 2.45) is 5.84 Å². The first-order valence-electron chi connectivity index (χ1n) is 5.61. The summed E-state index contributed by atoms with van der Waals surface area (Å²) >= 11 is 0. The molecule has 0 aliphatic rings. The van der Waals surface area contributed by atoms with E-state index in [1.54, 1.807) is 49.7 Å². The highest BCUT2D eigenvalue weighted by Crippen LogP contribution is 2.17. The molecule has 2 rings (SSSR count). The highest BCUT2D eigenvalue weighted by atomic mass is 16.5. The van der Waals surface area contributed by atoms with Gasteiger partial charge in [0.05, 0.1) is 12.7 Å². The van der Waals surface area contributed by atoms with Gasteiger partial charge in [0.1, 0.15) is 5.75 Å². The molecule has 0 spiro atoms. The third-order valence-corrected chi connectivity index (χ3v) is 2.54. The molecule has 2 aromatic rings. The zero-order chi connectivity index (χ0) is 13.7. The summed E-state index contributed by atoms with van der Waals surface area (Å²) < 4.78 is 5.05. The minimum atomic E-state index is -0.286. The fraction of sp³-hybridized carbons (Fsp3) is 0.0769. The first-order chi connectivity index (χ1) is 9.24. The molecule has 0 atom stereocenters. The topological polar surface area (TPSA) is 89.3 Å². The number of methoxy groups -OCH3 is 1. The number of amides is 1. The summed E-state index contributed by atoms with van der Waals surface area (Å²) in [5.74, 6) is 6.08. The number of hydrogen-bond donors (Lipinski definition) is 3. The number of carbonyl (C=O) groups excluding carboxylic acids is 1. The number of carbonyl (C=O) groups is 1. The van der Waals surface area contributed by atoms with Gasteiger partial charge in [-0.1, -0.05) is 0 Å². The van der Waals surface area contributed by atoms with Gasteiger partial charge in [-0.15, -0.1) is 0 Å². The van der Waals surface area contributed by atoms with Crippen molar-refractivity contribution in [1.29, 1.82) is 0 Å². The normalized spacial score (nSPS) is 9.79. The van der Waals surface area contributed by atoms with Gasteiger partial charge < -0.3 is 15.5 Å². The van der Waals surface area contributed by atoms with E-state index in [-0.39, 0.29) is 5.91 Å². The van der Waals surface area contributed by atoms with Crippen LogP contribution in [0.4, 0.5) is 11.5 Å². The Morgan fingerprint density at radius 1 is 1.26 bits per heavy atom. The molecule has 19 heavy (non-hydrogen) atoms. The molecule has 0 bridgehead atoms. The van der Waals surface area contributed by atoms with Crippen molar-refractivity contribution in [2.75, 3.05) is 17.9 Å². The van der Waals surface area contributed by atoms with E-state index in [9.17, 15) is 4.79 Å². The second kappa shape index (κ2) is 5.83. The van der Waals surface area contributed by atoms with Gasteiger partial charge in [-0.25, -0.2) is 10.8 Å². The first-order valence-corrected chi connectivity index (χ1v) is 5.61. The summed E-state index contributed by atoms with van der Waals surface area (Å²) in [5.41, 5.74) is 3.43. The number of nitrogen functional groups attached to an aromatic ring is 1. The van der Waals surface area contributed by atoms with Gasteiger partial charge in [0.15, 0.2) is 5.82 Å². The quantitative estimate of drug-likeness (QED) is 0.573. The van der Waals surface area contributed by atoms with E-state index >= 15 is 0 Å². The molecule has 0 aliphatic heterocycles. The van der Waals surface area contributed by atoms with Gasteiger partial charge in [0.2, 0.25) is 0 Å².